The monoisotopic (exact) mass is 344 g/mol. The Morgan fingerprint density at radius 1 is 0.920 bits per heavy atom. The molecule has 0 spiro atoms. The van der Waals surface area contributed by atoms with E-state index < -0.39 is 5.97 Å². The van der Waals surface area contributed by atoms with Gasteiger partial charge in [-0.25, -0.2) is 4.79 Å². The number of benzene rings is 2. The van der Waals surface area contributed by atoms with Crippen molar-refractivity contribution in [3.05, 3.63) is 53.6 Å². The van der Waals surface area contributed by atoms with Crippen LogP contribution in [0.4, 0.5) is 0 Å². The molecule has 6 heteroatoms. The summed E-state index contributed by atoms with van der Waals surface area (Å²) in [6, 6.07) is 12.1. The number of carbonyl (C=O) groups excluding carboxylic acids is 2. The van der Waals surface area contributed by atoms with E-state index in [4.69, 9.17) is 18.9 Å². The summed E-state index contributed by atoms with van der Waals surface area (Å²) in [5.74, 6) is 0.563. The lowest BCUT2D eigenvalue weighted by Crippen LogP contribution is -2.19. The van der Waals surface area contributed by atoms with Gasteiger partial charge in [0.25, 0.3) is 0 Å². The lowest BCUT2D eigenvalue weighted by Gasteiger charge is -2.10. The second kappa shape index (κ2) is 8.73. The number of ketones is 1. The Balaban J connectivity index is 1.85. The van der Waals surface area contributed by atoms with E-state index in [1.807, 2.05) is 25.1 Å². The summed E-state index contributed by atoms with van der Waals surface area (Å²) in [5, 5.41) is 0. The third-order valence-electron chi connectivity index (χ3n) is 3.42. The molecule has 25 heavy (non-hydrogen) atoms. The van der Waals surface area contributed by atoms with E-state index in [9.17, 15) is 9.59 Å². The highest BCUT2D eigenvalue weighted by atomic mass is 16.6. The fourth-order valence-corrected chi connectivity index (χ4v) is 2.13. The first-order valence-electron chi connectivity index (χ1n) is 7.64. The zero-order valence-electron chi connectivity index (χ0n) is 14.4. The first kappa shape index (κ1) is 18.3. The summed E-state index contributed by atoms with van der Waals surface area (Å²) in [6.45, 7) is 1.29. The quantitative estimate of drug-likeness (QED) is 0.542. The number of carbonyl (C=O) groups is 2. The minimum atomic E-state index is -0.615. The number of esters is 1. The molecule has 0 bridgehead atoms. The lowest BCUT2D eigenvalue weighted by molar-refractivity contribution is -0.144. The van der Waals surface area contributed by atoms with Gasteiger partial charge in [0.15, 0.2) is 30.5 Å². The molecule has 0 aliphatic rings. The molecule has 0 N–H and O–H groups in total. The number of hydrogen-bond donors (Lipinski definition) is 0. The van der Waals surface area contributed by atoms with E-state index >= 15 is 0 Å². The predicted molar refractivity (Wildman–Crippen MR) is 91.5 cm³/mol. The van der Waals surface area contributed by atoms with Crippen LogP contribution in [0.2, 0.25) is 0 Å². The maximum absolute atomic E-state index is 12.1. The first-order chi connectivity index (χ1) is 12.0. The molecule has 0 atom stereocenters. The lowest BCUT2D eigenvalue weighted by atomic mass is 10.1. The molecule has 0 aliphatic carbocycles. The van der Waals surface area contributed by atoms with Crippen molar-refractivity contribution in [3.8, 4) is 17.2 Å². The van der Waals surface area contributed by atoms with Crippen LogP contribution in [-0.4, -0.2) is 39.2 Å². The summed E-state index contributed by atoms with van der Waals surface area (Å²) in [4.78, 5) is 23.8. The van der Waals surface area contributed by atoms with Gasteiger partial charge in [-0.1, -0.05) is 12.1 Å². The van der Waals surface area contributed by atoms with E-state index in [-0.39, 0.29) is 19.0 Å². The molecule has 0 amide bonds. The van der Waals surface area contributed by atoms with Crippen LogP contribution >= 0.6 is 0 Å². The minimum Gasteiger partial charge on any atom is -0.493 e. The van der Waals surface area contributed by atoms with Crippen molar-refractivity contribution in [1.82, 2.24) is 0 Å². The second-order valence-electron chi connectivity index (χ2n) is 5.26. The van der Waals surface area contributed by atoms with Gasteiger partial charge in [0.2, 0.25) is 0 Å². The highest BCUT2D eigenvalue weighted by molar-refractivity contribution is 5.98. The molecule has 0 aliphatic heterocycles. The molecular weight excluding hydrogens is 324 g/mol. The van der Waals surface area contributed by atoms with Gasteiger partial charge < -0.3 is 18.9 Å². The summed E-state index contributed by atoms with van der Waals surface area (Å²) in [7, 11) is 2.99. The Kier molecular flexibility index (Phi) is 6.39. The van der Waals surface area contributed by atoms with Gasteiger partial charge in [0.05, 0.1) is 14.2 Å². The molecule has 0 unspecified atom stereocenters. The van der Waals surface area contributed by atoms with Gasteiger partial charge in [-0.2, -0.15) is 0 Å². The molecule has 0 saturated carbocycles. The highest BCUT2D eigenvalue weighted by Crippen LogP contribution is 2.27. The summed E-state index contributed by atoms with van der Waals surface area (Å²) >= 11 is 0. The van der Waals surface area contributed by atoms with Gasteiger partial charge in [-0.3, -0.25) is 4.79 Å². The Morgan fingerprint density at radius 3 is 2.36 bits per heavy atom. The van der Waals surface area contributed by atoms with Crippen LogP contribution in [0, 0.1) is 6.92 Å². The third kappa shape index (κ3) is 5.24. The molecule has 0 saturated heterocycles. The van der Waals surface area contributed by atoms with Crippen LogP contribution in [-0.2, 0) is 9.53 Å². The topological polar surface area (TPSA) is 71.1 Å². The summed E-state index contributed by atoms with van der Waals surface area (Å²) < 4.78 is 20.5. The first-order valence-corrected chi connectivity index (χ1v) is 7.64. The zero-order valence-corrected chi connectivity index (χ0v) is 14.4. The van der Waals surface area contributed by atoms with Crippen molar-refractivity contribution in [3.63, 3.8) is 0 Å². The predicted octanol–water partition coefficient (Wildman–Crippen LogP) is 2.82. The smallest absolute Gasteiger partial charge is 0.344 e. The molecule has 2 rings (SSSR count). The van der Waals surface area contributed by atoms with Crippen LogP contribution in [0.25, 0.3) is 0 Å². The molecule has 6 nitrogen and oxygen atoms in total. The number of methoxy groups -OCH3 is 2. The maximum Gasteiger partial charge on any atom is 0.344 e. The van der Waals surface area contributed by atoms with Crippen molar-refractivity contribution in [1.29, 1.82) is 0 Å². The van der Waals surface area contributed by atoms with Gasteiger partial charge in [0.1, 0.15) is 5.75 Å². The average molecular weight is 344 g/mol. The van der Waals surface area contributed by atoms with Crippen molar-refractivity contribution >= 4 is 11.8 Å². The van der Waals surface area contributed by atoms with Gasteiger partial charge in [0, 0.05) is 5.56 Å². The van der Waals surface area contributed by atoms with E-state index in [0.29, 0.717) is 22.8 Å². The molecule has 0 aromatic heterocycles. The molecule has 2 aromatic carbocycles. The molecule has 0 heterocycles. The van der Waals surface area contributed by atoms with E-state index in [1.54, 1.807) is 18.2 Å². The van der Waals surface area contributed by atoms with Crippen molar-refractivity contribution < 1.29 is 28.5 Å². The fraction of sp³-hybridized carbons (Fsp3) is 0.263. The largest absolute Gasteiger partial charge is 0.493 e. The Labute approximate surface area is 146 Å². The molecule has 0 fully saturated rings. The van der Waals surface area contributed by atoms with E-state index in [0.717, 1.165) is 5.56 Å². The molecule has 0 radical (unpaired) electrons. The minimum absolute atomic E-state index is 0.261. The number of rotatable bonds is 8. The normalized spacial score (nSPS) is 10.0. The molecule has 2 aromatic rings. The van der Waals surface area contributed by atoms with Crippen LogP contribution < -0.4 is 14.2 Å². The zero-order chi connectivity index (χ0) is 18.2. The average Bonchev–Trinajstić information content (AvgIpc) is 2.63. The van der Waals surface area contributed by atoms with Crippen LogP contribution in [0.3, 0.4) is 0 Å². The van der Waals surface area contributed by atoms with Gasteiger partial charge >= 0.3 is 5.97 Å². The number of aryl methyl sites for hydroxylation is 1. The maximum atomic E-state index is 12.1. The van der Waals surface area contributed by atoms with Crippen molar-refractivity contribution in [2.45, 2.75) is 6.92 Å². The fourth-order valence-electron chi connectivity index (χ4n) is 2.13. The van der Waals surface area contributed by atoms with Crippen molar-refractivity contribution in [2.24, 2.45) is 0 Å². The number of ether oxygens (including phenoxy) is 4. The van der Waals surface area contributed by atoms with Crippen LogP contribution in [0.1, 0.15) is 15.9 Å². The Morgan fingerprint density at radius 2 is 1.68 bits per heavy atom. The van der Waals surface area contributed by atoms with Crippen LogP contribution in [0.15, 0.2) is 42.5 Å². The highest BCUT2D eigenvalue weighted by Gasteiger charge is 2.13. The van der Waals surface area contributed by atoms with Crippen molar-refractivity contribution in [2.75, 3.05) is 27.4 Å². The number of hydrogen-bond acceptors (Lipinski definition) is 6. The summed E-state index contributed by atoms with van der Waals surface area (Å²) in [5.41, 5.74) is 1.39. The van der Waals surface area contributed by atoms with E-state index in [1.165, 1.54) is 20.3 Å². The molecular formula is C19H20O6. The second-order valence-corrected chi connectivity index (χ2v) is 5.26. The van der Waals surface area contributed by atoms with Crippen LogP contribution in [0.5, 0.6) is 17.2 Å². The number of Topliss-reactive ketones (excluding diaryl/α,β-unsaturated/α-hetero) is 1. The third-order valence-corrected chi connectivity index (χ3v) is 3.42. The standard InChI is InChI=1S/C19H20O6/c1-13-5-4-6-15(9-13)24-12-19(21)25-11-16(20)14-7-8-17(22-2)18(10-14)23-3/h4-10H,11-12H2,1-3H3. The SMILES string of the molecule is COc1ccc(C(=O)COC(=O)COc2cccc(C)c2)cc1OC. The summed E-state index contributed by atoms with van der Waals surface area (Å²) in [6.07, 6.45) is 0. The van der Waals surface area contributed by atoms with Gasteiger partial charge in [-0.15, -0.1) is 0 Å². The Bertz CT molecular complexity index is 753. The van der Waals surface area contributed by atoms with Gasteiger partial charge in [-0.05, 0) is 42.8 Å². The molecule has 132 valence electrons. The van der Waals surface area contributed by atoms with E-state index in [2.05, 4.69) is 0 Å². The Hall–Kier alpha value is -3.02.